The number of aromatic nitrogens is 2. The predicted molar refractivity (Wildman–Crippen MR) is 80.1 cm³/mol. The summed E-state index contributed by atoms with van der Waals surface area (Å²) >= 11 is 1.58. The van der Waals surface area contributed by atoms with E-state index in [9.17, 15) is 4.79 Å². The number of thiophene rings is 1. The number of likely N-dealkylation sites (N-methyl/N-ethyl adjacent to an activating group) is 1. The van der Waals surface area contributed by atoms with Gasteiger partial charge in [-0.05, 0) is 38.4 Å². The molecule has 2 heterocycles. The first-order valence-corrected chi connectivity index (χ1v) is 7.77. The monoisotopic (exact) mass is 309 g/mol. The normalized spacial score (nSPS) is 11.0. The number of aryl methyl sites for hydroxylation is 1. The molecule has 0 radical (unpaired) electrons. The van der Waals surface area contributed by atoms with Crippen LogP contribution in [0, 0.1) is 0 Å². The molecule has 0 unspecified atom stereocenters. The average Bonchev–Trinajstić information content (AvgIpc) is 3.09. The van der Waals surface area contributed by atoms with E-state index in [1.807, 2.05) is 29.5 Å². The Morgan fingerprint density at radius 3 is 3.10 bits per heavy atom. The first-order valence-electron chi connectivity index (χ1n) is 6.89. The molecule has 0 aromatic carbocycles. The van der Waals surface area contributed by atoms with Crippen LogP contribution in [0.1, 0.15) is 19.2 Å². The summed E-state index contributed by atoms with van der Waals surface area (Å²) in [6.45, 7) is 3.30. The van der Waals surface area contributed by atoms with Crippen LogP contribution in [-0.4, -0.2) is 47.8 Å². The van der Waals surface area contributed by atoms with Crippen LogP contribution in [0.15, 0.2) is 22.0 Å². The van der Waals surface area contributed by atoms with E-state index in [2.05, 4.69) is 10.1 Å². The zero-order valence-corrected chi connectivity index (χ0v) is 13.1. The van der Waals surface area contributed by atoms with Crippen molar-refractivity contribution < 1.29 is 14.1 Å². The van der Waals surface area contributed by atoms with Crippen LogP contribution in [0.4, 0.5) is 0 Å². The van der Waals surface area contributed by atoms with Crippen LogP contribution in [0.5, 0.6) is 0 Å². The van der Waals surface area contributed by atoms with Gasteiger partial charge in [0.1, 0.15) is 0 Å². The first kappa shape index (κ1) is 15.7. The summed E-state index contributed by atoms with van der Waals surface area (Å²) in [6.07, 6.45) is 1.55. The second-order valence-electron chi connectivity index (χ2n) is 4.64. The van der Waals surface area contributed by atoms with Gasteiger partial charge in [-0.1, -0.05) is 11.2 Å². The maximum absolute atomic E-state index is 11.3. The number of hydrogen-bond donors (Lipinski definition) is 0. The second kappa shape index (κ2) is 7.90. The summed E-state index contributed by atoms with van der Waals surface area (Å²) in [5.41, 5.74) is 0. The molecule has 0 atom stereocenters. The van der Waals surface area contributed by atoms with Crippen LogP contribution in [0.2, 0.25) is 0 Å². The second-order valence-corrected chi connectivity index (χ2v) is 5.58. The SMILES string of the molecule is CCOC(=O)CN(C)CCCc1nc(-c2cccs2)no1. The van der Waals surface area contributed by atoms with Crippen molar-refractivity contribution in [1.29, 1.82) is 0 Å². The number of esters is 1. The van der Waals surface area contributed by atoms with Crippen molar-refractivity contribution in [2.45, 2.75) is 19.8 Å². The van der Waals surface area contributed by atoms with Crippen LogP contribution in [0.3, 0.4) is 0 Å². The number of carbonyl (C=O) groups is 1. The van der Waals surface area contributed by atoms with E-state index in [4.69, 9.17) is 9.26 Å². The van der Waals surface area contributed by atoms with Crippen molar-refractivity contribution >= 4 is 17.3 Å². The van der Waals surface area contributed by atoms with E-state index >= 15 is 0 Å². The summed E-state index contributed by atoms with van der Waals surface area (Å²) in [4.78, 5) is 18.6. The summed E-state index contributed by atoms with van der Waals surface area (Å²) in [7, 11) is 1.89. The number of rotatable bonds is 8. The molecule has 2 aromatic heterocycles. The molecule has 2 rings (SSSR count). The van der Waals surface area contributed by atoms with E-state index in [0.717, 1.165) is 17.8 Å². The maximum atomic E-state index is 11.3. The van der Waals surface area contributed by atoms with Crippen LogP contribution in [-0.2, 0) is 16.0 Å². The van der Waals surface area contributed by atoms with Crippen molar-refractivity contribution in [2.24, 2.45) is 0 Å². The Balaban J connectivity index is 1.72. The smallest absolute Gasteiger partial charge is 0.320 e. The third-order valence-electron chi connectivity index (χ3n) is 2.84. The summed E-state index contributed by atoms with van der Waals surface area (Å²) in [6, 6.07) is 3.92. The minimum Gasteiger partial charge on any atom is -0.465 e. The van der Waals surface area contributed by atoms with Crippen LogP contribution in [0.25, 0.3) is 10.7 Å². The molecule has 6 nitrogen and oxygen atoms in total. The molecule has 0 saturated heterocycles. The van der Waals surface area contributed by atoms with E-state index in [-0.39, 0.29) is 5.97 Å². The fraction of sp³-hybridized carbons (Fsp3) is 0.500. The molecule has 0 bridgehead atoms. The lowest BCUT2D eigenvalue weighted by Gasteiger charge is -2.14. The summed E-state index contributed by atoms with van der Waals surface area (Å²) in [5.74, 6) is 1.07. The van der Waals surface area contributed by atoms with Gasteiger partial charge in [-0.25, -0.2) is 0 Å². The Hall–Kier alpha value is -1.73. The molecule has 0 aliphatic rings. The Morgan fingerprint density at radius 1 is 1.52 bits per heavy atom. The van der Waals surface area contributed by atoms with Crippen molar-refractivity contribution in [3.8, 4) is 10.7 Å². The molecule has 7 heteroatoms. The van der Waals surface area contributed by atoms with Gasteiger partial charge in [-0.3, -0.25) is 9.69 Å². The Bertz CT molecular complexity index is 554. The van der Waals surface area contributed by atoms with Gasteiger partial charge >= 0.3 is 5.97 Å². The molecule has 21 heavy (non-hydrogen) atoms. The van der Waals surface area contributed by atoms with Crippen molar-refractivity contribution in [3.63, 3.8) is 0 Å². The van der Waals surface area contributed by atoms with Crippen molar-refractivity contribution in [2.75, 3.05) is 26.7 Å². The highest BCUT2D eigenvalue weighted by Gasteiger charge is 2.10. The largest absolute Gasteiger partial charge is 0.465 e. The van der Waals surface area contributed by atoms with Crippen LogP contribution >= 0.6 is 11.3 Å². The zero-order valence-electron chi connectivity index (χ0n) is 12.2. The van der Waals surface area contributed by atoms with Gasteiger partial charge in [0, 0.05) is 6.42 Å². The maximum Gasteiger partial charge on any atom is 0.320 e. The third kappa shape index (κ3) is 4.95. The lowest BCUT2D eigenvalue weighted by molar-refractivity contribution is -0.144. The fourth-order valence-electron chi connectivity index (χ4n) is 1.87. The Kier molecular flexibility index (Phi) is 5.89. The molecule has 0 spiro atoms. The van der Waals surface area contributed by atoms with E-state index < -0.39 is 0 Å². The zero-order chi connectivity index (χ0) is 15.1. The number of ether oxygens (including phenoxy) is 1. The summed E-state index contributed by atoms with van der Waals surface area (Å²) in [5, 5.41) is 5.95. The topological polar surface area (TPSA) is 68.5 Å². The molecule has 0 aliphatic heterocycles. The van der Waals surface area contributed by atoms with Gasteiger partial charge in [-0.2, -0.15) is 4.98 Å². The van der Waals surface area contributed by atoms with Gasteiger partial charge in [-0.15, -0.1) is 11.3 Å². The van der Waals surface area contributed by atoms with Gasteiger partial charge in [0.2, 0.25) is 11.7 Å². The lowest BCUT2D eigenvalue weighted by atomic mass is 10.3. The van der Waals surface area contributed by atoms with Gasteiger partial charge < -0.3 is 9.26 Å². The van der Waals surface area contributed by atoms with E-state index in [0.29, 0.717) is 31.3 Å². The quantitative estimate of drug-likeness (QED) is 0.697. The molecular weight excluding hydrogens is 290 g/mol. The predicted octanol–water partition coefficient (Wildman–Crippen LogP) is 2.23. The fourth-order valence-corrected chi connectivity index (χ4v) is 2.52. The molecule has 0 aliphatic carbocycles. The standard InChI is InChI=1S/C14H19N3O3S/c1-3-19-13(18)10-17(2)8-4-7-12-15-14(16-20-12)11-6-5-9-21-11/h5-6,9H,3-4,7-8,10H2,1-2H3. The minimum absolute atomic E-state index is 0.197. The molecule has 2 aromatic rings. The van der Waals surface area contributed by atoms with Crippen molar-refractivity contribution in [3.05, 3.63) is 23.4 Å². The van der Waals surface area contributed by atoms with E-state index in [1.54, 1.807) is 18.3 Å². The van der Waals surface area contributed by atoms with Gasteiger partial charge in [0.15, 0.2) is 0 Å². The number of carbonyl (C=O) groups excluding carboxylic acids is 1. The highest BCUT2D eigenvalue weighted by Crippen LogP contribution is 2.21. The molecule has 0 amide bonds. The molecular formula is C14H19N3O3S. The third-order valence-corrected chi connectivity index (χ3v) is 3.71. The lowest BCUT2D eigenvalue weighted by Crippen LogP contribution is -2.28. The molecule has 0 fully saturated rings. The highest BCUT2D eigenvalue weighted by atomic mass is 32.1. The molecule has 0 saturated carbocycles. The number of nitrogens with zero attached hydrogens (tertiary/aromatic N) is 3. The van der Waals surface area contributed by atoms with Crippen LogP contribution < -0.4 is 0 Å². The highest BCUT2D eigenvalue weighted by molar-refractivity contribution is 7.13. The van der Waals surface area contributed by atoms with E-state index in [1.165, 1.54) is 0 Å². The average molecular weight is 309 g/mol. The molecule has 0 N–H and O–H groups in total. The van der Waals surface area contributed by atoms with Gasteiger partial charge in [0.05, 0.1) is 18.0 Å². The van der Waals surface area contributed by atoms with Gasteiger partial charge in [0.25, 0.3) is 0 Å². The summed E-state index contributed by atoms with van der Waals surface area (Å²) < 4.78 is 10.1. The first-order chi connectivity index (χ1) is 10.2. The Morgan fingerprint density at radius 2 is 2.38 bits per heavy atom. The Labute approximate surface area is 127 Å². The minimum atomic E-state index is -0.197. The van der Waals surface area contributed by atoms with Crippen molar-refractivity contribution in [1.82, 2.24) is 15.0 Å². The number of hydrogen-bond acceptors (Lipinski definition) is 7. The molecule has 114 valence electrons.